The first-order chi connectivity index (χ1) is 10.2. The summed E-state index contributed by atoms with van der Waals surface area (Å²) < 4.78 is 13.4. The number of halogens is 1. The molecule has 0 fully saturated rings. The van der Waals surface area contributed by atoms with Crippen molar-refractivity contribution in [1.82, 2.24) is 20.3 Å². The van der Waals surface area contributed by atoms with Crippen molar-refractivity contribution in [1.29, 1.82) is 0 Å². The molecule has 0 aliphatic carbocycles. The van der Waals surface area contributed by atoms with E-state index in [0.717, 1.165) is 6.20 Å². The molecule has 3 N–H and O–H groups in total. The largest absolute Gasteiger partial charge is 0.370 e. The number of hydrogen-bond acceptors (Lipinski definition) is 4. The zero-order valence-electron chi connectivity index (χ0n) is 12.0. The van der Waals surface area contributed by atoms with Gasteiger partial charge < -0.3 is 15.6 Å². The molecule has 2 heterocycles. The van der Waals surface area contributed by atoms with Gasteiger partial charge in [-0.3, -0.25) is 4.79 Å². The minimum Gasteiger partial charge on any atom is -0.370 e. The number of nitrogens with one attached hydrogen (secondary N) is 3. The van der Waals surface area contributed by atoms with Crippen LogP contribution >= 0.6 is 0 Å². The van der Waals surface area contributed by atoms with E-state index in [2.05, 4.69) is 25.6 Å². The van der Waals surface area contributed by atoms with Crippen molar-refractivity contribution in [3.05, 3.63) is 41.9 Å². The molecule has 1 unspecified atom stereocenters. The van der Waals surface area contributed by atoms with Gasteiger partial charge in [0, 0.05) is 18.9 Å². The molecule has 1 atom stereocenters. The molecular weight excluding hydrogens is 273 g/mol. The standard InChI is InChI=1S/C14H18FN5O/c1-3-11(13-17-5-6-18-13)20-14(21)10-7-9(15)8-19-12(10)16-4-2/h5-8,11H,3-4H2,1-2H3,(H,16,19)(H,17,18)(H,20,21). The fraction of sp³-hybridized carbons (Fsp3) is 0.357. The van der Waals surface area contributed by atoms with E-state index in [4.69, 9.17) is 0 Å². The third-order valence-electron chi connectivity index (χ3n) is 3.01. The summed E-state index contributed by atoms with van der Waals surface area (Å²) in [6.07, 6.45) is 5.06. The summed E-state index contributed by atoms with van der Waals surface area (Å²) in [6.45, 7) is 4.40. The van der Waals surface area contributed by atoms with Crippen molar-refractivity contribution in [2.45, 2.75) is 26.3 Å². The van der Waals surface area contributed by atoms with Gasteiger partial charge in [-0.15, -0.1) is 0 Å². The number of rotatable bonds is 6. The van der Waals surface area contributed by atoms with Crippen LogP contribution in [0.3, 0.4) is 0 Å². The number of amides is 1. The van der Waals surface area contributed by atoms with Crippen LogP contribution in [0.25, 0.3) is 0 Å². The van der Waals surface area contributed by atoms with Crippen LogP contribution in [0.15, 0.2) is 24.7 Å². The summed E-state index contributed by atoms with van der Waals surface area (Å²) in [5.74, 6) is 0.0972. The number of pyridine rings is 1. The first-order valence-corrected chi connectivity index (χ1v) is 6.85. The lowest BCUT2D eigenvalue weighted by Gasteiger charge is -2.16. The molecule has 7 heteroatoms. The van der Waals surface area contributed by atoms with E-state index in [9.17, 15) is 9.18 Å². The van der Waals surface area contributed by atoms with Gasteiger partial charge in [-0.2, -0.15) is 0 Å². The van der Waals surface area contributed by atoms with E-state index < -0.39 is 5.82 Å². The number of aromatic amines is 1. The zero-order chi connectivity index (χ0) is 15.2. The lowest BCUT2D eigenvalue weighted by molar-refractivity contribution is 0.0934. The maximum atomic E-state index is 13.4. The molecule has 2 rings (SSSR count). The Morgan fingerprint density at radius 3 is 2.86 bits per heavy atom. The summed E-state index contributed by atoms with van der Waals surface area (Å²) in [7, 11) is 0. The fourth-order valence-electron chi connectivity index (χ4n) is 1.99. The van der Waals surface area contributed by atoms with Crippen molar-refractivity contribution in [3.63, 3.8) is 0 Å². The topological polar surface area (TPSA) is 82.7 Å². The summed E-state index contributed by atoms with van der Waals surface area (Å²) in [5, 5.41) is 5.78. The molecule has 0 saturated heterocycles. The molecule has 6 nitrogen and oxygen atoms in total. The molecule has 0 aromatic carbocycles. The van der Waals surface area contributed by atoms with Crippen molar-refractivity contribution in [2.24, 2.45) is 0 Å². The van der Waals surface area contributed by atoms with Crippen LogP contribution in [-0.4, -0.2) is 27.4 Å². The first-order valence-electron chi connectivity index (χ1n) is 6.85. The molecule has 0 aliphatic rings. The highest BCUT2D eigenvalue weighted by Crippen LogP contribution is 2.17. The van der Waals surface area contributed by atoms with Crippen LogP contribution in [-0.2, 0) is 0 Å². The van der Waals surface area contributed by atoms with Gasteiger partial charge in [-0.25, -0.2) is 14.4 Å². The number of carbonyl (C=O) groups excluding carboxylic acids is 1. The number of imidazole rings is 1. The Bertz CT molecular complexity index is 599. The Morgan fingerprint density at radius 1 is 1.43 bits per heavy atom. The SMILES string of the molecule is CCNc1ncc(F)cc1C(=O)NC(CC)c1ncc[nH]1. The summed E-state index contributed by atoms with van der Waals surface area (Å²) in [5.41, 5.74) is 0.182. The Morgan fingerprint density at radius 2 is 2.24 bits per heavy atom. The van der Waals surface area contributed by atoms with Crippen molar-refractivity contribution < 1.29 is 9.18 Å². The Labute approximate surface area is 122 Å². The first kappa shape index (κ1) is 15.0. The molecule has 0 spiro atoms. The average Bonchev–Trinajstić information content (AvgIpc) is 3.00. The Hall–Kier alpha value is -2.44. The molecule has 0 bridgehead atoms. The van der Waals surface area contributed by atoms with Gasteiger partial charge in [0.15, 0.2) is 0 Å². The van der Waals surface area contributed by atoms with Crippen molar-refractivity contribution in [2.75, 3.05) is 11.9 Å². The monoisotopic (exact) mass is 291 g/mol. The highest BCUT2D eigenvalue weighted by atomic mass is 19.1. The summed E-state index contributed by atoms with van der Waals surface area (Å²) in [4.78, 5) is 23.4. The molecule has 0 aliphatic heterocycles. The van der Waals surface area contributed by atoms with Crippen molar-refractivity contribution >= 4 is 11.7 Å². The molecule has 2 aromatic heterocycles. The smallest absolute Gasteiger partial charge is 0.255 e. The zero-order valence-corrected chi connectivity index (χ0v) is 12.0. The van der Waals surface area contributed by atoms with Gasteiger partial charge in [-0.05, 0) is 19.4 Å². The van der Waals surface area contributed by atoms with Crippen molar-refractivity contribution in [3.8, 4) is 0 Å². The van der Waals surface area contributed by atoms with Crippen LogP contribution in [0.1, 0.15) is 42.5 Å². The van der Waals surface area contributed by atoms with Gasteiger partial charge in [0.05, 0.1) is 17.8 Å². The lowest BCUT2D eigenvalue weighted by Crippen LogP contribution is -2.30. The fourth-order valence-corrected chi connectivity index (χ4v) is 1.99. The third kappa shape index (κ3) is 3.56. The number of anilines is 1. The quantitative estimate of drug-likeness (QED) is 0.762. The van der Waals surface area contributed by atoms with Crippen LogP contribution in [0.4, 0.5) is 10.2 Å². The Balaban J connectivity index is 2.21. The number of nitrogens with zero attached hydrogens (tertiary/aromatic N) is 2. The second kappa shape index (κ2) is 6.83. The van der Waals surface area contributed by atoms with E-state index in [-0.39, 0.29) is 17.5 Å². The summed E-state index contributed by atoms with van der Waals surface area (Å²) in [6, 6.07) is 0.917. The van der Waals surface area contributed by atoms with Crippen LogP contribution in [0.2, 0.25) is 0 Å². The van der Waals surface area contributed by atoms with Crippen LogP contribution in [0.5, 0.6) is 0 Å². The van der Waals surface area contributed by atoms with E-state index in [1.165, 1.54) is 6.07 Å². The molecule has 0 radical (unpaired) electrons. The molecule has 2 aromatic rings. The number of hydrogen-bond donors (Lipinski definition) is 3. The second-order valence-electron chi connectivity index (χ2n) is 4.49. The van der Waals surface area contributed by atoms with Gasteiger partial charge in [0.2, 0.25) is 0 Å². The predicted molar refractivity (Wildman–Crippen MR) is 77.4 cm³/mol. The van der Waals surface area contributed by atoms with E-state index >= 15 is 0 Å². The molecular formula is C14H18FN5O. The number of carbonyl (C=O) groups is 1. The van der Waals surface area contributed by atoms with Gasteiger partial charge in [-0.1, -0.05) is 6.92 Å². The van der Waals surface area contributed by atoms with Gasteiger partial charge in [0.1, 0.15) is 17.5 Å². The average molecular weight is 291 g/mol. The maximum Gasteiger partial charge on any atom is 0.255 e. The van der Waals surface area contributed by atoms with E-state index in [1.54, 1.807) is 12.4 Å². The van der Waals surface area contributed by atoms with Crippen LogP contribution < -0.4 is 10.6 Å². The predicted octanol–water partition coefficient (Wildman–Crippen LogP) is 2.26. The molecule has 0 saturated carbocycles. The lowest BCUT2D eigenvalue weighted by atomic mass is 10.1. The third-order valence-corrected chi connectivity index (χ3v) is 3.01. The number of H-pyrrole nitrogens is 1. The van der Waals surface area contributed by atoms with E-state index in [1.807, 2.05) is 13.8 Å². The molecule has 1 amide bonds. The number of aromatic nitrogens is 3. The van der Waals surface area contributed by atoms with Gasteiger partial charge >= 0.3 is 0 Å². The maximum absolute atomic E-state index is 13.4. The highest BCUT2D eigenvalue weighted by Gasteiger charge is 2.19. The van der Waals surface area contributed by atoms with Crippen LogP contribution in [0, 0.1) is 5.82 Å². The van der Waals surface area contributed by atoms with Gasteiger partial charge in [0.25, 0.3) is 5.91 Å². The summed E-state index contributed by atoms with van der Waals surface area (Å²) >= 11 is 0. The second-order valence-corrected chi connectivity index (χ2v) is 4.49. The molecule has 21 heavy (non-hydrogen) atoms. The molecule has 112 valence electrons. The highest BCUT2D eigenvalue weighted by molar-refractivity contribution is 5.98. The minimum absolute atomic E-state index is 0.182. The van der Waals surface area contributed by atoms with E-state index in [0.29, 0.717) is 24.6 Å². The Kier molecular flexibility index (Phi) is 4.86. The normalized spacial score (nSPS) is 12.0. The minimum atomic E-state index is -0.548.